The maximum absolute atomic E-state index is 12.0. The van der Waals surface area contributed by atoms with Crippen LogP contribution in [0.1, 0.15) is 35.4 Å². The second-order valence-corrected chi connectivity index (χ2v) is 5.60. The number of carbonyl (C=O) groups is 2. The number of nitrogens with zero attached hydrogens (tertiary/aromatic N) is 1. The van der Waals surface area contributed by atoms with Gasteiger partial charge in [-0.15, -0.1) is 0 Å². The lowest BCUT2D eigenvalue weighted by atomic mass is 10.1. The van der Waals surface area contributed by atoms with E-state index in [0.29, 0.717) is 24.2 Å². The summed E-state index contributed by atoms with van der Waals surface area (Å²) in [6.07, 6.45) is 4.28. The first-order valence-corrected chi connectivity index (χ1v) is 7.68. The number of amides is 1. The molecule has 0 spiro atoms. The van der Waals surface area contributed by atoms with Crippen LogP contribution in [0.2, 0.25) is 0 Å². The molecule has 0 bridgehead atoms. The lowest BCUT2D eigenvalue weighted by Gasteiger charge is -2.14. The van der Waals surface area contributed by atoms with Gasteiger partial charge in [-0.05, 0) is 37.0 Å². The minimum absolute atomic E-state index is 0.253. The molecule has 114 valence electrons. The summed E-state index contributed by atoms with van der Waals surface area (Å²) < 4.78 is 5.40. The van der Waals surface area contributed by atoms with E-state index in [1.165, 1.54) is 0 Å². The van der Waals surface area contributed by atoms with Gasteiger partial charge in [0, 0.05) is 25.1 Å². The Morgan fingerprint density at radius 3 is 2.45 bits per heavy atom. The second kappa shape index (κ2) is 6.60. The van der Waals surface area contributed by atoms with Crippen LogP contribution in [0, 0.1) is 0 Å². The molecule has 1 fully saturated rings. The van der Waals surface area contributed by atoms with Crippen molar-refractivity contribution in [3.8, 4) is 11.3 Å². The summed E-state index contributed by atoms with van der Waals surface area (Å²) in [7, 11) is 0. The van der Waals surface area contributed by atoms with Gasteiger partial charge in [-0.1, -0.05) is 24.3 Å². The second-order valence-electron chi connectivity index (χ2n) is 5.60. The van der Waals surface area contributed by atoms with E-state index < -0.39 is 0 Å². The number of carbonyl (C=O) groups excluding carboxylic acids is 2. The molecular weight excluding hydrogens is 278 g/mol. The highest BCUT2D eigenvalue weighted by atomic mass is 16.3. The summed E-state index contributed by atoms with van der Waals surface area (Å²) in [5.74, 6) is 1.26. The van der Waals surface area contributed by atoms with Crippen LogP contribution in [0.15, 0.2) is 40.8 Å². The van der Waals surface area contributed by atoms with Crippen LogP contribution in [0.25, 0.3) is 11.3 Å². The summed E-state index contributed by atoms with van der Waals surface area (Å²) in [6.45, 7) is 1.82. The minimum atomic E-state index is 0.253. The van der Waals surface area contributed by atoms with Crippen LogP contribution < -0.4 is 0 Å². The van der Waals surface area contributed by atoms with Gasteiger partial charge in [-0.2, -0.15) is 0 Å². The largest absolute Gasteiger partial charge is 0.453 e. The molecule has 0 unspecified atom stereocenters. The zero-order chi connectivity index (χ0) is 15.4. The Balaban J connectivity index is 1.59. The average Bonchev–Trinajstić information content (AvgIpc) is 3.24. The lowest BCUT2D eigenvalue weighted by molar-refractivity contribution is -0.130. The molecule has 1 saturated heterocycles. The highest BCUT2D eigenvalue weighted by Gasteiger charge is 2.17. The van der Waals surface area contributed by atoms with Crippen LogP contribution in [-0.2, 0) is 11.2 Å². The van der Waals surface area contributed by atoms with Crippen LogP contribution in [0.5, 0.6) is 0 Å². The summed E-state index contributed by atoms with van der Waals surface area (Å²) in [6, 6.07) is 11.4. The molecule has 2 heterocycles. The van der Waals surface area contributed by atoms with Gasteiger partial charge in [0.05, 0.1) is 0 Å². The number of rotatable bonds is 5. The van der Waals surface area contributed by atoms with Crippen molar-refractivity contribution in [2.75, 3.05) is 13.1 Å². The molecule has 1 aliphatic heterocycles. The Morgan fingerprint density at radius 1 is 1.09 bits per heavy atom. The Hall–Kier alpha value is -2.36. The smallest absolute Gasteiger partial charge is 0.222 e. The zero-order valence-electron chi connectivity index (χ0n) is 12.5. The molecule has 0 saturated carbocycles. The average molecular weight is 297 g/mol. The maximum Gasteiger partial charge on any atom is 0.222 e. The topological polar surface area (TPSA) is 50.5 Å². The monoisotopic (exact) mass is 297 g/mol. The van der Waals surface area contributed by atoms with Crippen molar-refractivity contribution in [1.82, 2.24) is 4.90 Å². The molecule has 0 aliphatic carbocycles. The first-order chi connectivity index (χ1) is 10.8. The van der Waals surface area contributed by atoms with E-state index in [9.17, 15) is 9.59 Å². The van der Waals surface area contributed by atoms with Crippen molar-refractivity contribution < 1.29 is 14.0 Å². The van der Waals surface area contributed by atoms with Gasteiger partial charge in [-0.25, -0.2) is 0 Å². The molecule has 0 radical (unpaired) electrons. The third-order valence-corrected chi connectivity index (χ3v) is 4.07. The zero-order valence-corrected chi connectivity index (χ0v) is 12.5. The van der Waals surface area contributed by atoms with E-state index in [4.69, 9.17) is 4.42 Å². The molecule has 1 aliphatic rings. The fraction of sp³-hybridized carbons (Fsp3) is 0.333. The molecule has 22 heavy (non-hydrogen) atoms. The predicted molar refractivity (Wildman–Crippen MR) is 83.7 cm³/mol. The Kier molecular flexibility index (Phi) is 4.37. The predicted octanol–water partition coefficient (Wildman–Crippen LogP) is 3.31. The number of likely N-dealkylation sites (tertiary alicyclic amines) is 1. The quantitative estimate of drug-likeness (QED) is 0.796. The Labute approximate surface area is 129 Å². The highest BCUT2D eigenvalue weighted by Crippen LogP contribution is 2.22. The third-order valence-electron chi connectivity index (χ3n) is 4.07. The van der Waals surface area contributed by atoms with E-state index in [2.05, 4.69) is 0 Å². The number of hydrogen-bond acceptors (Lipinski definition) is 3. The summed E-state index contributed by atoms with van der Waals surface area (Å²) in [4.78, 5) is 24.6. The molecular formula is C18H19NO3. The van der Waals surface area contributed by atoms with Crippen molar-refractivity contribution in [2.24, 2.45) is 0 Å². The minimum Gasteiger partial charge on any atom is -0.453 e. The fourth-order valence-corrected chi connectivity index (χ4v) is 2.78. The van der Waals surface area contributed by atoms with Crippen molar-refractivity contribution >= 4 is 12.2 Å². The number of furan rings is 1. The molecule has 4 nitrogen and oxygen atoms in total. The van der Waals surface area contributed by atoms with Gasteiger partial charge in [0.1, 0.15) is 5.76 Å². The molecule has 1 aromatic carbocycles. The molecule has 4 heteroatoms. The van der Waals surface area contributed by atoms with Gasteiger partial charge in [0.2, 0.25) is 5.91 Å². The Bertz CT molecular complexity index is 651. The number of hydrogen-bond donors (Lipinski definition) is 0. The van der Waals surface area contributed by atoms with Gasteiger partial charge in [-0.3, -0.25) is 9.59 Å². The lowest BCUT2D eigenvalue weighted by Crippen LogP contribution is -2.27. The van der Waals surface area contributed by atoms with Crippen molar-refractivity contribution in [3.63, 3.8) is 0 Å². The molecule has 0 atom stereocenters. The van der Waals surface area contributed by atoms with Gasteiger partial charge in [0.25, 0.3) is 0 Å². The normalized spacial score (nSPS) is 14.3. The third kappa shape index (κ3) is 3.27. The SMILES string of the molecule is O=Cc1ccc(-c2ccc(CCC(=O)N3CCCC3)cc2)o1. The van der Waals surface area contributed by atoms with E-state index in [1.807, 2.05) is 29.2 Å². The summed E-state index contributed by atoms with van der Waals surface area (Å²) in [5, 5.41) is 0. The fourth-order valence-electron chi connectivity index (χ4n) is 2.78. The first kappa shape index (κ1) is 14.6. The molecule has 2 aromatic rings. The van der Waals surface area contributed by atoms with Crippen molar-refractivity contribution in [3.05, 3.63) is 47.7 Å². The van der Waals surface area contributed by atoms with Crippen LogP contribution in [0.4, 0.5) is 0 Å². The molecule has 3 rings (SSSR count). The van der Waals surface area contributed by atoms with Crippen LogP contribution >= 0.6 is 0 Å². The van der Waals surface area contributed by atoms with E-state index in [-0.39, 0.29) is 5.91 Å². The maximum atomic E-state index is 12.0. The summed E-state index contributed by atoms with van der Waals surface area (Å²) in [5.41, 5.74) is 2.07. The van der Waals surface area contributed by atoms with Gasteiger partial charge >= 0.3 is 0 Å². The molecule has 1 amide bonds. The number of aryl methyl sites for hydroxylation is 1. The van der Waals surface area contributed by atoms with Gasteiger partial charge < -0.3 is 9.32 Å². The Morgan fingerprint density at radius 2 is 1.82 bits per heavy atom. The number of benzene rings is 1. The molecule has 1 aromatic heterocycles. The van der Waals surface area contributed by atoms with Crippen molar-refractivity contribution in [1.29, 1.82) is 0 Å². The van der Waals surface area contributed by atoms with E-state index >= 15 is 0 Å². The standard InChI is InChI=1S/C18H19NO3/c20-13-16-8-9-17(22-16)15-6-3-14(4-7-15)5-10-18(21)19-11-1-2-12-19/h3-4,6-9,13H,1-2,5,10-12H2. The van der Waals surface area contributed by atoms with E-state index in [0.717, 1.165) is 43.5 Å². The number of aldehydes is 1. The first-order valence-electron chi connectivity index (χ1n) is 7.68. The highest BCUT2D eigenvalue weighted by molar-refractivity contribution is 5.76. The van der Waals surface area contributed by atoms with Crippen LogP contribution in [0.3, 0.4) is 0 Å². The van der Waals surface area contributed by atoms with E-state index in [1.54, 1.807) is 12.1 Å². The van der Waals surface area contributed by atoms with Crippen molar-refractivity contribution in [2.45, 2.75) is 25.7 Å². The van der Waals surface area contributed by atoms with Crippen LogP contribution in [-0.4, -0.2) is 30.2 Å². The van der Waals surface area contributed by atoms with Gasteiger partial charge in [0.15, 0.2) is 12.0 Å². The molecule has 0 N–H and O–H groups in total. The summed E-state index contributed by atoms with van der Waals surface area (Å²) >= 11 is 0.